The van der Waals surface area contributed by atoms with E-state index in [4.69, 9.17) is 5.73 Å². The highest BCUT2D eigenvalue weighted by Crippen LogP contribution is 2.29. The lowest BCUT2D eigenvalue weighted by atomic mass is 10.0. The summed E-state index contributed by atoms with van der Waals surface area (Å²) in [5.74, 6) is -2.00. The average Bonchev–Trinajstić information content (AvgIpc) is 2.30. The van der Waals surface area contributed by atoms with Gasteiger partial charge in [-0.25, -0.2) is 13.2 Å². The first-order chi connectivity index (χ1) is 8.00. The summed E-state index contributed by atoms with van der Waals surface area (Å²) in [6, 6.07) is 6.53. The van der Waals surface area contributed by atoms with Crippen LogP contribution >= 0.6 is 0 Å². The number of benzene rings is 2. The molecule has 0 saturated carbocycles. The highest BCUT2D eigenvalue weighted by molar-refractivity contribution is 5.69. The van der Waals surface area contributed by atoms with Crippen molar-refractivity contribution in [3.05, 3.63) is 53.3 Å². The molecule has 0 unspecified atom stereocenters. The van der Waals surface area contributed by atoms with Gasteiger partial charge in [-0.1, -0.05) is 6.07 Å². The van der Waals surface area contributed by atoms with Crippen molar-refractivity contribution >= 4 is 5.69 Å². The van der Waals surface area contributed by atoms with Crippen LogP contribution in [0.5, 0.6) is 0 Å². The Morgan fingerprint density at radius 2 is 1.59 bits per heavy atom. The molecule has 0 fully saturated rings. The molecule has 88 valence electrons. The second-order valence-corrected chi connectivity index (χ2v) is 3.79. The van der Waals surface area contributed by atoms with Gasteiger partial charge in [-0.15, -0.1) is 0 Å². The molecule has 0 aliphatic rings. The maximum atomic E-state index is 13.7. The van der Waals surface area contributed by atoms with E-state index < -0.39 is 17.3 Å². The highest BCUT2D eigenvalue weighted by atomic mass is 19.1. The van der Waals surface area contributed by atoms with Gasteiger partial charge in [0, 0.05) is 5.56 Å². The normalized spacial score (nSPS) is 10.6. The maximum absolute atomic E-state index is 13.7. The minimum Gasteiger partial charge on any atom is -0.394 e. The first-order valence-electron chi connectivity index (χ1n) is 5.00. The fourth-order valence-corrected chi connectivity index (χ4v) is 1.60. The molecule has 4 heteroatoms. The van der Waals surface area contributed by atoms with Gasteiger partial charge in [-0.3, -0.25) is 0 Å². The van der Waals surface area contributed by atoms with Crippen LogP contribution in [-0.4, -0.2) is 0 Å². The zero-order valence-corrected chi connectivity index (χ0v) is 9.10. The molecular weight excluding hydrogens is 227 g/mol. The van der Waals surface area contributed by atoms with Crippen LogP contribution in [0.1, 0.15) is 5.56 Å². The SMILES string of the molecule is Cc1cc(-c2ccc(F)c(N)c2F)ccc1F. The van der Waals surface area contributed by atoms with E-state index in [1.54, 1.807) is 6.92 Å². The molecule has 0 aromatic heterocycles. The summed E-state index contributed by atoms with van der Waals surface area (Å²) in [5.41, 5.74) is 5.76. The second kappa shape index (κ2) is 4.13. The fraction of sp³-hybridized carbons (Fsp3) is 0.0769. The van der Waals surface area contributed by atoms with Crippen molar-refractivity contribution in [1.82, 2.24) is 0 Å². The van der Waals surface area contributed by atoms with E-state index in [0.29, 0.717) is 11.1 Å². The van der Waals surface area contributed by atoms with Crippen LogP contribution in [0.15, 0.2) is 30.3 Å². The third-order valence-electron chi connectivity index (χ3n) is 2.60. The lowest BCUT2D eigenvalue weighted by Crippen LogP contribution is -1.98. The molecule has 0 amide bonds. The Morgan fingerprint density at radius 3 is 2.24 bits per heavy atom. The molecule has 1 nitrogen and oxygen atoms in total. The summed E-state index contributed by atoms with van der Waals surface area (Å²) in [6.45, 7) is 1.57. The Hall–Kier alpha value is -1.97. The Balaban J connectivity index is 2.61. The monoisotopic (exact) mass is 237 g/mol. The average molecular weight is 237 g/mol. The number of nitrogens with two attached hydrogens (primary N) is 1. The van der Waals surface area contributed by atoms with Gasteiger partial charge in [0.05, 0.1) is 0 Å². The second-order valence-electron chi connectivity index (χ2n) is 3.79. The first-order valence-corrected chi connectivity index (χ1v) is 5.00. The predicted octanol–water partition coefficient (Wildman–Crippen LogP) is 3.66. The highest BCUT2D eigenvalue weighted by Gasteiger charge is 2.12. The van der Waals surface area contributed by atoms with Crippen molar-refractivity contribution in [2.75, 3.05) is 5.73 Å². The minimum atomic E-state index is -0.823. The van der Waals surface area contributed by atoms with Crippen molar-refractivity contribution in [2.24, 2.45) is 0 Å². The lowest BCUT2D eigenvalue weighted by Gasteiger charge is -2.07. The quantitative estimate of drug-likeness (QED) is 0.752. The molecule has 0 radical (unpaired) electrons. The van der Waals surface area contributed by atoms with Crippen LogP contribution in [-0.2, 0) is 0 Å². The number of aryl methyl sites for hydroxylation is 1. The van der Waals surface area contributed by atoms with Crippen LogP contribution in [0.2, 0.25) is 0 Å². The standard InChI is InChI=1S/C13H10F3N/c1-7-6-8(2-4-10(7)14)9-3-5-11(15)13(17)12(9)16/h2-6H,17H2,1H3. The largest absolute Gasteiger partial charge is 0.394 e. The Labute approximate surface area is 96.7 Å². The zero-order valence-electron chi connectivity index (χ0n) is 9.10. The molecule has 17 heavy (non-hydrogen) atoms. The minimum absolute atomic E-state index is 0.159. The molecule has 2 aromatic rings. The summed E-state index contributed by atoms with van der Waals surface area (Å²) in [4.78, 5) is 0. The van der Waals surface area contributed by atoms with Gasteiger partial charge < -0.3 is 5.73 Å². The summed E-state index contributed by atoms with van der Waals surface area (Å²) in [5, 5.41) is 0. The smallest absolute Gasteiger partial charge is 0.156 e. The number of hydrogen-bond acceptors (Lipinski definition) is 1. The van der Waals surface area contributed by atoms with E-state index in [9.17, 15) is 13.2 Å². The molecule has 0 aliphatic carbocycles. The molecule has 2 rings (SSSR count). The van der Waals surface area contributed by atoms with E-state index in [-0.39, 0.29) is 11.4 Å². The third kappa shape index (κ3) is 1.98. The van der Waals surface area contributed by atoms with E-state index in [1.165, 1.54) is 24.3 Å². The molecule has 2 aromatic carbocycles. The van der Waals surface area contributed by atoms with E-state index in [0.717, 1.165) is 6.07 Å². The first kappa shape index (κ1) is 11.5. The van der Waals surface area contributed by atoms with Crippen LogP contribution in [0.4, 0.5) is 18.9 Å². The number of hydrogen-bond donors (Lipinski definition) is 1. The van der Waals surface area contributed by atoms with Crippen molar-refractivity contribution in [2.45, 2.75) is 6.92 Å². The van der Waals surface area contributed by atoms with Gasteiger partial charge in [0.25, 0.3) is 0 Å². The summed E-state index contributed by atoms with van der Waals surface area (Å²) < 4.78 is 39.8. The van der Waals surface area contributed by atoms with Crippen molar-refractivity contribution < 1.29 is 13.2 Å². The van der Waals surface area contributed by atoms with Crippen LogP contribution in [0.3, 0.4) is 0 Å². The Bertz CT molecular complexity index is 579. The number of rotatable bonds is 1. The van der Waals surface area contributed by atoms with Crippen molar-refractivity contribution in [3.8, 4) is 11.1 Å². The van der Waals surface area contributed by atoms with Gasteiger partial charge >= 0.3 is 0 Å². The third-order valence-corrected chi connectivity index (χ3v) is 2.60. The van der Waals surface area contributed by atoms with E-state index in [2.05, 4.69) is 0 Å². The summed E-state index contributed by atoms with van der Waals surface area (Å²) in [6.07, 6.45) is 0. The number of anilines is 1. The van der Waals surface area contributed by atoms with Gasteiger partial charge in [0.1, 0.15) is 17.3 Å². The molecule has 0 aliphatic heterocycles. The molecular formula is C13H10F3N. The van der Waals surface area contributed by atoms with Gasteiger partial charge in [-0.05, 0) is 42.3 Å². The molecule has 0 atom stereocenters. The predicted molar refractivity (Wildman–Crippen MR) is 60.9 cm³/mol. The van der Waals surface area contributed by atoms with E-state index >= 15 is 0 Å². The maximum Gasteiger partial charge on any atom is 0.156 e. The molecule has 0 spiro atoms. The lowest BCUT2D eigenvalue weighted by molar-refractivity contribution is 0.593. The Kier molecular flexibility index (Phi) is 2.79. The summed E-state index contributed by atoms with van der Waals surface area (Å²) in [7, 11) is 0. The van der Waals surface area contributed by atoms with Gasteiger partial charge in [0.2, 0.25) is 0 Å². The van der Waals surface area contributed by atoms with Crippen LogP contribution < -0.4 is 5.73 Å². The summed E-state index contributed by atoms with van der Waals surface area (Å²) >= 11 is 0. The molecule has 0 heterocycles. The molecule has 0 bridgehead atoms. The fourth-order valence-electron chi connectivity index (χ4n) is 1.60. The number of nitrogen functional groups attached to an aromatic ring is 1. The van der Waals surface area contributed by atoms with E-state index in [1.807, 2.05) is 0 Å². The van der Waals surface area contributed by atoms with Gasteiger partial charge in [0.15, 0.2) is 5.82 Å². The van der Waals surface area contributed by atoms with Gasteiger partial charge in [-0.2, -0.15) is 0 Å². The van der Waals surface area contributed by atoms with Crippen molar-refractivity contribution in [1.29, 1.82) is 0 Å². The van der Waals surface area contributed by atoms with Crippen molar-refractivity contribution in [3.63, 3.8) is 0 Å². The molecule has 2 N–H and O–H groups in total. The topological polar surface area (TPSA) is 26.0 Å². The number of halogens is 3. The van der Waals surface area contributed by atoms with Crippen LogP contribution in [0.25, 0.3) is 11.1 Å². The Morgan fingerprint density at radius 1 is 0.941 bits per heavy atom. The molecule has 0 saturated heterocycles. The zero-order chi connectivity index (χ0) is 12.6. The van der Waals surface area contributed by atoms with Crippen LogP contribution in [0, 0.1) is 24.4 Å².